The monoisotopic (exact) mass is 417 g/mol. The fraction of sp³-hybridized carbons (Fsp3) is 0.529. The molecule has 10 heteroatoms. The van der Waals surface area contributed by atoms with Gasteiger partial charge in [0.05, 0.1) is 10.9 Å². The Balaban J connectivity index is 0.00000182. The minimum atomic E-state index is -0.577. The number of hydrogen-bond donors (Lipinski definition) is 3. The van der Waals surface area contributed by atoms with Crippen molar-refractivity contribution in [3.63, 3.8) is 0 Å². The first-order chi connectivity index (χ1) is 12.0. The van der Waals surface area contributed by atoms with E-state index in [4.69, 9.17) is 0 Å². The van der Waals surface area contributed by atoms with E-state index in [1.165, 1.54) is 4.57 Å². The first-order valence-corrected chi connectivity index (χ1v) is 8.59. The summed E-state index contributed by atoms with van der Waals surface area (Å²) in [5.74, 6) is -0.0323. The summed E-state index contributed by atoms with van der Waals surface area (Å²) in [4.78, 5) is 44.0. The topological polar surface area (TPSA) is 109 Å². The molecule has 3 N–H and O–H groups in total. The van der Waals surface area contributed by atoms with Gasteiger partial charge in [-0.15, -0.1) is 24.8 Å². The average molecular weight is 418 g/mol. The van der Waals surface area contributed by atoms with Crippen molar-refractivity contribution >= 4 is 41.8 Å². The van der Waals surface area contributed by atoms with E-state index < -0.39 is 11.2 Å². The summed E-state index contributed by atoms with van der Waals surface area (Å²) in [7, 11) is 1.81. The molecule has 2 aromatic heterocycles. The van der Waals surface area contributed by atoms with Crippen LogP contribution in [0.3, 0.4) is 0 Å². The van der Waals surface area contributed by atoms with Crippen LogP contribution in [-0.4, -0.2) is 40.1 Å². The molecule has 0 spiro atoms. The summed E-state index contributed by atoms with van der Waals surface area (Å²) in [5, 5.41) is 6.05. The predicted octanol–water partition coefficient (Wildman–Crippen LogP) is 1.16. The largest absolute Gasteiger partial charge is 0.350 e. The van der Waals surface area contributed by atoms with E-state index >= 15 is 0 Å². The second-order valence-electron chi connectivity index (χ2n) is 6.47. The van der Waals surface area contributed by atoms with E-state index in [1.54, 1.807) is 13.0 Å². The highest BCUT2D eigenvalue weighted by molar-refractivity contribution is 6.05. The molecule has 1 aliphatic carbocycles. The number of hydrogen-bond acceptors (Lipinski definition) is 5. The Morgan fingerprint density at radius 2 is 2.04 bits per heavy atom. The number of rotatable bonds is 6. The van der Waals surface area contributed by atoms with Crippen LogP contribution in [0.1, 0.15) is 48.7 Å². The van der Waals surface area contributed by atoms with Crippen molar-refractivity contribution in [2.75, 3.05) is 13.6 Å². The molecule has 1 atom stereocenters. The van der Waals surface area contributed by atoms with Crippen molar-refractivity contribution < 1.29 is 4.79 Å². The van der Waals surface area contributed by atoms with Crippen LogP contribution in [-0.2, 0) is 6.54 Å². The highest BCUT2D eigenvalue weighted by Crippen LogP contribution is 2.39. The van der Waals surface area contributed by atoms with Gasteiger partial charge < -0.3 is 10.6 Å². The number of nitrogens with one attached hydrogen (secondary N) is 3. The molecule has 1 fully saturated rings. The fourth-order valence-electron chi connectivity index (χ4n) is 2.80. The molecule has 1 saturated carbocycles. The van der Waals surface area contributed by atoms with Crippen molar-refractivity contribution in [2.24, 2.45) is 0 Å². The minimum absolute atomic E-state index is 0. The number of amides is 1. The van der Waals surface area contributed by atoms with Crippen LogP contribution in [0.15, 0.2) is 15.7 Å². The molecule has 3 rings (SSSR count). The third kappa shape index (κ3) is 4.69. The van der Waals surface area contributed by atoms with Gasteiger partial charge >= 0.3 is 5.69 Å². The zero-order valence-electron chi connectivity index (χ0n) is 15.5. The average Bonchev–Trinajstić information content (AvgIpc) is 3.43. The van der Waals surface area contributed by atoms with Gasteiger partial charge in [0.15, 0.2) is 5.65 Å². The smallest absolute Gasteiger partial charge is 0.329 e. The Bertz CT molecular complexity index is 937. The van der Waals surface area contributed by atoms with Gasteiger partial charge in [-0.3, -0.25) is 19.1 Å². The molecule has 27 heavy (non-hydrogen) atoms. The maximum Gasteiger partial charge on any atom is 0.329 e. The molecule has 0 bridgehead atoms. The van der Waals surface area contributed by atoms with E-state index in [1.807, 2.05) is 14.0 Å². The van der Waals surface area contributed by atoms with Crippen molar-refractivity contribution in [3.05, 3.63) is 38.2 Å². The van der Waals surface area contributed by atoms with E-state index in [2.05, 4.69) is 20.6 Å². The molecule has 2 aromatic rings. The zero-order chi connectivity index (χ0) is 18.1. The Labute approximate surface area is 169 Å². The van der Waals surface area contributed by atoms with Crippen LogP contribution < -0.4 is 21.9 Å². The molecule has 1 aliphatic rings. The summed E-state index contributed by atoms with van der Waals surface area (Å²) >= 11 is 0. The molecule has 0 aromatic carbocycles. The zero-order valence-corrected chi connectivity index (χ0v) is 17.1. The van der Waals surface area contributed by atoms with Gasteiger partial charge in [-0.1, -0.05) is 0 Å². The first kappa shape index (κ1) is 23.1. The second-order valence-corrected chi connectivity index (χ2v) is 6.47. The number of nitrogens with zero attached hydrogens (tertiary/aromatic N) is 2. The van der Waals surface area contributed by atoms with Crippen LogP contribution in [0.4, 0.5) is 0 Å². The van der Waals surface area contributed by atoms with Gasteiger partial charge in [0, 0.05) is 30.7 Å². The maximum atomic E-state index is 12.7. The number of likely N-dealkylation sites (N-methyl/N-ethyl adjacent to an activating group) is 1. The lowest BCUT2D eigenvalue weighted by Gasteiger charge is -2.14. The van der Waals surface area contributed by atoms with Gasteiger partial charge in [-0.25, -0.2) is 9.78 Å². The molecular formula is C17H25Cl2N5O3. The molecule has 0 aliphatic heterocycles. The highest BCUT2D eigenvalue weighted by Gasteiger charge is 2.28. The number of carbonyl (C=O) groups is 1. The molecular weight excluding hydrogens is 393 g/mol. The standard InChI is InChI=1S/C17H23N5O3.2ClH/c1-4-22-14-13(16(24)21-17(22)25)11(7-12(20-14)10-5-6-10)15(23)19-8-9(2)18-3;;/h7,9-10,18H,4-6,8H2,1-3H3,(H,19,23)(H,21,24,25);2*1H. The summed E-state index contributed by atoms with van der Waals surface area (Å²) in [6.07, 6.45) is 2.02. The number of carbonyl (C=O) groups excluding carboxylic acids is 1. The van der Waals surface area contributed by atoms with E-state index in [0.29, 0.717) is 19.0 Å². The molecule has 150 valence electrons. The number of aromatic amines is 1. The van der Waals surface area contributed by atoms with Crippen molar-refractivity contribution in [3.8, 4) is 0 Å². The second kappa shape index (κ2) is 9.34. The number of aryl methyl sites for hydroxylation is 1. The van der Waals surface area contributed by atoms with Crippen LogP contribution in [0.25, 0.3) is 11.0 Å². The lowest BCUT2D eigenvalue weighted by atomic mass is 10.1. The highest BCUT2D eigenvalue weighted by atomic mass is 35.5. The fourth-order valence-corrected chi connectivity index (χ4v) is 2.80. The van der Waals surface area contributed by atoms with Crippen molar-refractivity contribution in [2.45, 2.75) is 45.2 Å². The number of H-pyrrole nitrogens is 1. The predicted molar refractivity (Wildman–Crippen MR) is 110 cm³/mol. The number of fused-ring (bicyclic) bond motifs is 1. The molecule has 8 nitrogen and oxygen atoms in total. The summed E-state index contributed by atoms with van der Waals surface area (Å²) in [5.41, 5.74) is 0.250. The van der Waals surface area contributed by atoms with E-state index in [9.17, 15) is 14.4 Å². The number of pyridine rings is 1. The summed E-state index contributed by atoms with van der Waals surface area (Å²) in [6, 6.07) is 1.80. The van der Waals surface area contributed by atoms with Gasteiger partial charge in [-0.05, 0) is 39.8 Å². The van der Waals surface area contributed by atoms with Crippen LogP contribution in [0.2, 0.25) is 0 Å². The van der Waals surface area contributed by atoms with Crippen LogP contribution in [0.5, 0.6) is 0 Å². The lowest BCUT2D eigenvalue weighted by Crippen LogP contribution is -2.38. The maximum absolute atomic E-state index is 12.7. The van der Waals surface area contributed by atoms with Gasteiger partial charge in [0.25, 0.3) is 11.5 Å². The Hall–Kier alpha value is -1.90. The minimum Gasteiger partial charge on any atom is -0.350 e. The SMILES string of the molecule is CCn1c(=O)[nH]c(=O)c2c(C(=O)NCC(C)NC)cc(C3CC3)nc21.Cl.Cl. The molecule has 0 radical (unpaired) electrons. The Morgan fingerprint density at radius 3 is 2.59 bits per heavy atom. The molecule has 1 amide bonds. The summed E-state index contributed by atoms with van der Waals surface area (Å²) in [6.45, 7) is 4.55. The van der Waals surface area contributed by atoms with E-state index in [-0.39, 0.29) is 53.4 Å². The number of halogens is 2. The molecule has 2 heterocycles. The Kier molecular flexibility index (Phi) is 8.01. The van der Waals surface area contributed by atoms with Crippen LogP contribution >= 0.6 is 24.8 Å². The van der Waals surface area contributed by atoms with Crippen molar-refractivity contribution in [1.82, 2.24) is 25.2 Å². The first-order valence-electron chi connectivity index (χ1n) is 8.59. The van der Waals surface area contributed by atoms with E-state index in [0.717, 1.165) is 18.5 Å². The van der Waals surface area contributed by atoms with Crippen molar-refractivity contribution in [1.29, 1.82) is 0 Å². The third-order valence-electron chi connectivity index (χ3n) is 4.59. The van der Waals surface area contributed by atoms with Crippen LogP contribution in [0, 0.1) is 0 Å². The Morgan fingerprint density at radius 1 is 1.37 bits per heavy atom. The van der Waals surface area contributed by atoms with Gasteiger partial charge in [0.1, 0.15) is 0 Å². The normalized spacial score (nSPS) is 14.2. The molecule has 1 unspecified atom stereocenters. The quantitative estimate of drug-likeness (QED) is 0.653. The third-order valence-corrected chi connectivity index (χ3v) is 4.59. The van der Waals surface area contributed by atoms with Gasteiger partial charge in [-0.2, -0.15) is 0 Å². The lowest BCUT2D eigenvalue weighted by molar-refractivity contribution is 0.0952. The van der Waals surface area contributed by atoms with Gasteiger partial charge in [0.2, 0.25) is 0 Å². The molecule has 0 saturated heterocycles. The summed E-state index contributed by atoms with van der Waals surface area (Å²) < 4.78 is 1.40. The number of aromatic nitrogens is 3.